The first-order valence-electron chi connectivity index (χ1n) is 6.58. The average Bonchev–Trinajstić information content (AvgIpc) is 2.51. The average molecular weight is 341 g/mol. The molecule has 0 heterocycles. The fourth-order valence-corrected chi connectivity index (χ4v) is 1.85. The topological polar surface area (TPSA) is 88.1 Å². The molecule has 9 heteroatoms. The third-order valence-corrected chi connectivity index (χ3v) is 2.82. The third-order valence-electron chi connectivity index (χ3n) is 2.82. The lowest BCUT2D eigenvalue weighted by atomic mass is 10.1. The van der Waals surface area contributed by atoms with E-state index >= 15 is 0 Å². The standard InChI is InChI=1S/C14H12FN3O3.CH2F2/c1-8-5-9(2)14(19)12(6-8)17-16-11-4-3-10(15)7-13(11)18(20)21;2-1-3/h3-7,19H,1-2H3;1H2. The summed E-state index contributed by atoms with van der Waals surface area (Å²) in [6.45, 7) is 1.79. The molecule has 2 rings (SSSR count). The Kier molecular flexibility index (Phi) is 6.84. The van der Waals surface area contributed by atoms with Crippen LogP contribution in [-0.2, 0) is 0 Å². The molecule has 0 aliphatic heterocycles. The Balaban J connectivity index is 0.000000891. The Morgan fingerprint density at radius 2 is 1.71 bits per heavy atom. The number of nitrogens with zero attached hydrogens (tertiary/aromatic N) is 3. The molecule has 0 aliphatic rings. The number of nitro groups is 1. The summed E-state index contributed by atoms with van der Waals surface area (Å²) in [5, 5.41) is 28.3. The third kappa shape index (κ3) is 5.04. The van der Waals surface area contributed by atoms with Crippen molar-refractivity contribution >= 4 is 17.1 Å². The molecule has 0 fully saturated rings. The van der Waals surface area contributed by atoms with Crippen molar-refractivity contribution in [2.24, 2.45) is 10.2 Å². The van der Waals surface area contributed by atoms with Gasteiger partial charge in [-0.1, -0.05) is 6.07 Å². The normalized spacial score (nSPS) is 10.4. The number of phenolic OH excluding ortho intramolecular Hbond substituents is 1. The summed E-state index contributed by atoms with van der Waals surface area (Å²) in [6, 6.07) is 6.37. The number of nitro benzene ring substituents is 1. The van der Waals surface area contributed by atoms with Crippen LogP contribution in [0.1, 0.15) is 11.1 Å². The minimum absolute atomic E-state index is 0.0471. The molecular formula is C15H14F3N3O3. The number of benzene rings is 2. The molecule has 0 saturated carbocycles. The Morgan fingerprint density at radius 3 is 2.29 bits per heavy atom. The van der Waals surface area contributed by atoms with E-state index in [0.717, 1.165) is 23.8 Å². The number of hydrogen-bond donors (Lipinski definition) is 1. The van der Waals surface area contributed by atoms with Crippen LogP contribution in [-0.4, -0.2) is 17.0 Å². The van der Waals surface area contributed by atoms with E-state index in [9.17, 15) is 28.4 Å². The molecule has 128 valence electrons. The lowest BCUT2D eigenvalue weighted by Gasteiger charge is -2.03. The van der Waals surface area contributed by atoms with Crippen LogP contribution >= 0.6 is 0 Å². The highest BCUT2D eigenvalue weighted by Crippen LogP contribution is 2.34. The molecule has 0 radical (unpaired) electrons. The van der Waals surface area contributed by atoms with E-state index in [0.29, 0.717) is 5.56 Å². The summed E-state index contributed by atoms with van der Waals surface area (Å²) in [7, 11) is 0. The van der Waals surface area contributed by atoms with Crippen molar-refractivity contribution in [3.63, 3.8) is 0 Å². The van der Waals surface area contributed by atoms with E-state index in [2.05, 4.69) is 10.2 Å². The van der Waals surface area contributed by atoms with E-state index in [1.807, 2.05) is 6.92 Å². The molecule has 6 nitrogen and oxygen atoms in total. The Labute approximate surface area is 135 Å². The zero-order valence-electron chi connectivity index (χ0n) is 12.8. The molecule has 0 spiro atoms. The molecule has 0 saturated heterocycles. The van der Waals surface area contributed by atoms with Crippen LogP contribution in [0.3, 0.4) is 0 Å². The number of rotatable bonds is 3. The van der Waals surface area contributed by atoms with Crippen LogP contribution in [0.5, 0.6) is 5.75 Å². The Morgan fingerprint density at radius 1 is 1.12 bits per heavy atom. The molecule has 0 amide bonds. The van der Waals surface area contributed by atoms with Crippen LogP contribution in [0.4, 0.5) is 30.2 Å². The second-order valence-electron chi connectivity index (χ2n) is 4.64. The SMILES string of the molecule is Cc1cc(C)c(O)c(N=Nc2ccc(F)cc2[N+](=O)[O-])c1.FCF. The summed E-state index contributed by atoms with van der Waals surface area (Å²) < 4.78 is 32.3. The van der Waals surface area contributed by atoms with Gasteiger partial charge in [0.05, 0.1) is 11.0 Å². The second kappa shape index (κ2) is 8.61. The first-order valence-corrected chi connectivity index (χ1v) is 6.58. The van der Waals surface area contributed by atoms with E-state index in [1.54, 1.807) is 19.1 Å². The Hall–Kier alpha value is -2.97. The van der Waals surface area contributed by atoms with Crippen LogP contribution in [0.15, 0.2) is 40.6 Å². The maximum Gasteiger partial charge on any atom is 0.299 e. The van der Waals surface area contributed by atoms with E-state index < -0.39 is 23.4 Å². The minimum atomic E-state index is -1.75. The van der Waals surface area contributed by atoms with Crippen molar-refractivity contribution < 1.29 is 23.2 Å². The summed E-state index contributed by atoms with van der Waals surface area (Å²) in [5.41, 5.74) is 1.12. The van der Waals surface area contributed by atoms with E-state index in [-0.39, 0.29) is 17.1 Å². The molecule has 0 bridgehead atoms. The van der Waals surface area contributed by atoms with Crippen molar-refractivity contribution in [3.05, 3.63) is 57.4 Å². The number of alkyl halides is 2. The number of azo groups is 1. The van der Waals surface area contributed by atoms with Gasteiger partial charge >= 0.3 is 0 Å². The molecular weight excluding hydrogens is 327 g/mol. The number of phenols is 1. The lowest BCUT2D eigenvalue weighted by molar-refractivity contribution is -0.384. The summed E-state index contributed by atoms with van der Waals surface area (Å²) in [4.78, 5) is 10.1. The number of hydrogen-bond acceptors (Lipinski definition) is 5. The summed E-state index contributed by atoms with van der Waals surface area (Å²) in [5.74, 6) is -0.774. The van der Waals surface area contributed by atoms with Gasteiger partial charge in [-0.3, -0.25) is 10.1 Å². The van der Waals surface area contributed by atoms with Gasteiger partial charge in [0, 0.05) is 0 Å². The van der Waals surface area contributed by atoms with Gasteiger partial charge < -0.3 is 5.11 Å². The van der Waals surface area contributed by atoms with Gasteiger partial charge in [0.2, 0.25) is 6.93 Å². The number of aromatic hydroxyl groups is 1. The molecule has 1 N–H and O–H groups in total. The number of halogens is 3. The van der Waals surface area contributed by atoms with Gasteiger partial charge in [-0.2, -0.15) is 0 Å². The molecule has 0 atom stereocenters. The zero-order chi connectivity index (χ0) is 18.3. The van der Waals surface area contributed by atoms with Crippen molar-refractivity contribution in [2.45, 2.75) is 13.8 Å². The molecule has 2 aromatic carbocycles. The van der Waals surface area contributed by atoms with Gasteiger partial charge in [0.15, 0.2) is 5.69 Å². The first kappa shape index (κ1) is 19.1. The van der Waals surface area contributed by atoms with Crippen LogP contribution in [0, 0.1) is 29.8 Å². The highest BCUT2D eigenvalue weighted by atomic mass is 19.3. The van der Waals surface area contributed by atoms with Crippen LogP contribution < -0.4 is 0 Å². The molecule has 2 aromatic rings. The Bertz CT molecular complexity index is 767. The smallest absolute Gasteiger partial charge is 0.299 e. The van der Waals surface area contributed by atoms with Gasteiger partial charge in [0.1, 0.15) is 17.3 Å². The van der Waals surface area contributed by atoms with Crippen molar-refractivity contribution in [2.75, 3.05) is 6.93 Å². The van der Waals surface area contributed by atoms with Crippen molar-refractivity contribution in [1.82, 2.24) is 0 Å². The highest BCUT2D eigenvalue weighted by molar-refractivity contribution is 5.59. The second-order valence-corrected chi connectivity index (χ2v) is 4.64. The van der Waals surface area contributed by atoms with E-state index in [4.69, 9.17) is 0 Å². The quantitative estimate of drug-likeness (QED) is 0.463. The van der Waals surface area contributed by atoms with Crippen molar-refractivity contribution in [3.8, 4) is 5.75 Å². The largest absolute Gasteiger partial charge is 0.505 e. The summed E-state index contributed by atoms with van der Waals surface area (Å²) in [6.07, 6.45) is 0. The zero-order valence-corrected chi connectivity index (χ0v) is 12.8. The monoisotopic (exact) mass is 341 g/mol. The van der Waals surface area contributed by atoms with Crippen LogP contribution in [0.25, 0.3) is 0 Å². The predicted molar refractivity (Wildman–Crippen MR) is 81.9 cm³/mol. The van der Waals surface area contributed by atoms with E-state index in [1.165, 1.54) is 0 Å². The molecule has 0 unspecified atom stereocenters. The van der Waals surface area contributed by atoms with Gasteiger partial charge in [-0.05, 0) is 43.2 Å². The molecule has 0 aromatic heterocycles. The molecule has 0 aliphatic carbocycles. The van der Waals surface area contributed by atoms with Crippen LogP contribution in [0.2, 0.25) is 0 Å². The maximum atomic E-state index is 13.0. The minimum Gasteiger partial charge on any atom is -0.505 e. The number of aryl methyl sites for hydroxylation is 2. The fourth-order valence-electron chi connectivity index (χ4n) is 1.85. The predicted octanol–water partition coefficient (Wildman–Crippen LogP) is 5.35. The molecule has 24 heavy (non-hydrogen) atoms. The van der Waals surface area contributed by atoms with Gasteiger partial charge in [-0.15, -0.1) is 10.2 Å². The fraction of sp³-hybridized carbons (Fsp3) is 0.200. The van der Waals surface area contributed by atoms with Crippen molar-refractivity contribution in [1.29, 1.82) is 0 Å². The van der Waals surface area contributed by atoms with Gasteiger partial charge in [0.25, 0.3) is 5.69 Å². The maximum absolute atomic E-state index is 13.0. The first-order chi connectivity index (χ1) is 11.3. The summed E-state index contributed by atoms with van der Waals surface area (Å²) >= 11 is 0. The highest BCUT2D eigenvalue weighted by Gasteiger charge is 2.15. The van der Waals surface area contributed by atoms with Gasteiger partial charge in [-0.25, -0.2) is 13.2 Å². The lowest BCUT2D eigenvalue weighted by Crippen LogP contribution is -1.89.